The van der Waals surface area contributed by atoms with Crippen molar-refractivity contribution < 1.29 is 4.79 Å². The fourth-order valence-corrected chi connectivity index (χ4v) is 2.36. The van der Waals surface area contributed by atoms with E-state index in [9.17, 15) is 4.79 Å². The Labute approximate surface area is 133 Å². The first-order valence-electron chi connectivity index (χ1n) is 6.93. The van der Waals surface area contributed by atoms with E-state index in [1.54, 1.807) is 35.0 Å². The second kappa shape index (κ2) is 6.15. The van der Waals surface area contributed by atoms with Gasteiger partial charge in [0, 0.05) is 36.4 Å². The molecule has 0 saturated heterocycles. The van der Waals surface area contributed by atoms with Crippen molar-refractivity contribution in [1.82, 2.24) is 19.7 Å². The molecular weight excluding hydrogens is 300 g/mol. The zero-order chi connectivity index (χ0) is 15.5. The van der Waals surface area contributed by atoms with E-state index in [2.05, 4.69) is 10.1 Å². The highest BCUT2D eigenvalue weighted by atomic mass is 35.5. The lowest BCUT2D eigenvalue weighted by Gasteiger charge is -2.16. The van der Waals surface area contributed by atoms with Crippen LogP contribution in [0.5, 0.6) is 0 Å². The van der Waals surface area contributed by atoms with Crippen molar-refractivity contribution in [3.05, 3.63) is 59.5 Å². The number of nitrogens with zero attached hydrogens (tertiary/aromatic N) is 4. The van der Waals surface area contributed by atoms with Crippen molar-refractivity contribution in [2.75, 3.05) is 13.6 Å². The average molecular weight is 315 g/mol. The standard InChI is InChI=1S/C16H15ClN4O/c1-20(9-10-21-8-2-7-18-21)16(22)14-6-4-12-3-5-13(17)11-15(12)19-14/h2-8,11H,9-10H2,1H3. The van der Waals surface area contributed by atoms with E-state index in [1.165, 1.54) is 0 Å². The molecule has 0 radical (unpaired) electrons. The number of carbonyl (C=O) groups excluding carboxylic acids is 1. The molecule has 0 atom stereocenters. The summed E-state index contributed by atoms with van der Waals surface area (Å²) in [5, 5.41) is 5.69. The van der Waals surface area contributed by atoms with Crippen LogP contribution in [0.3, 0.4) is 0 Å². The Morgan fingerprint density at radius 2 is 2.14 bits per heavy atom. The summed E-state index contributed by atoms with van der Waals surface area (Å²) < 4.78 is 1.79. The molecule has 0 aliphatic heterocycles. The predicted octanol–water partition coefficient (Wildman–Crippen LogP) is 2.86. The molecule has 2 aromatic heterocycles. The molecule has 0 fully saturated rings. The molecule has 3 rings (SSSR count). The summed E-state index contributed by atoms with van der Waals surface area (Å²) in [6.07, 6.45) is 3.59. The second-order valence-corrected chi connectivity index (χ2v) is 5.47. The molecule has 2 heterocycles. The van der Waals surface area contributed by atoms with Crippen LogP contribution in [0.4, 0.5) is 0 Å². The van der Waals surface area contributed by atoms with Gasteiger partial charge in [-0.2, -0.15) is 5.10 Å². The third kappa shape index (κ3) is 3.09. The van der Waals surface area contributed by atoms with Gasteiger partial charge < -0.3 is 4.90 Å². The van der Waals surface area contributed by atoms with E-state index in [1.807, 2.05) is 30.5 Å². The van der Waals surface area contributed by atoms with Crippen LogP contribution in [0.1, 0.15) is 10.5 Å². The topological polar surface area (TPSA) is 51.0 Å². The number of halogens is 1. The predicted molar refractivity (Wildman–Crippen MR) is 85.9 cm³/mol. The Hall–Kier alpha value is -2.40. The van der Waals surface area contributed by atoms with E-state index in [0.29, 0.717) is 23.8 Å². The Balaban J connectivity index is 1.75. The van der Waals surface area contributed by atoms with Gasteiger partial charge in [-0.1, -0.05) is 23.7 Å². The third-order valence-corrected chi connectivity index (χ3v) is 3.68. The van der Waals surface area contributed by atoms with E-state index in [0.717, 1.165) is 10.9 Å². The second-order valence-electron chi connectivity index (χ2n) is 5.03. The Kier molecular flexibility index (Phi) is 4.06. The lowest BCUT2D eigenvalue weighted by molar-refractivity contribution is 0.0783. The molecule has 22 heavy (non-hydrogen) atoms. The zero-order valence-electron chi connectivity index (χ0n) is 12.1. The van der Waals surface area contributed by atoms with Crippen molar-refractivity contribution in [3.8, 4) is 0 Å². The molecule has 112 valence electrons. The normalized spacial score (nSPS) is 10.8. The minimum absolute atomic E-state index is 0.117. The molecule has 0 bridgehead atoms. The van der Waals surface area contributed by atoms with E-state index in [4.69, 9.17) is 11.6 Å². The van der Waals surface area contributed by atoms with Crippen LogP contribution in [0, 0.1) is 0 Å². The van der Waals surface area contributed by atoms with Crippen molar-refractivity contribution >= 4 is 28.4 Å². The fraction of sp³-hybridized carbons (Fsp3) is 0.188. The molecule has 3 aromatic rings. The highest BCUT2D eigenvalue weighted by Gasteiger charge is 2.13. The summed E-state index contributed by atoms with van der Waals surface area (Å²) in [6.45, 7) is 1.21. The Morgan fingerprint density at radius 1 is 1.32 bits per heavy atom. The lowest BCUT2D eigenvalue weighted by atomic mass is 10.2. The smallest absolute Gasteiger partial charge is 0.272 e. The van der Waals surface area contributed by atoms with Gasteiger partial charge in [0.2, 0.25) is 0 Å². The van der Waals surface area contributed by atoms with Gasteiger partial charge in [-0.25, -0.2) is 4.98 Å². The van der Waals surface area contributed by atoms with Gasteiger partial charge in [0.1, 0.15) is 5.69 Å². The lowest BCUT2D eigenvalue weighted by Crippen LogP contribution is -2.30. The van der Waals surface area contributed by atoms with E-state index < -0.39 is 0 Å². The van der Waals surface area contributed by atoms with Crippen LogP contribution < -0.4 is 0 Å². The van der Waals surface area contributed by atoms with Crippen LogP contribution in [-0.2, 0) is 6.54 Å². The number of pyridine rings is 1. The number of likely N-dealkylation sites (N-methyl/N-ethyl adjacent to an activating group) is 1. The number of carbonyl (C=O) groups is 1. The first-order chi connectivity index (χ1) is 10.6. The number of hydrogen-bond donors (Lipinski definition) is 0. The molecular formula is C16H15ClN4O. The summed E-state index contributed by atoms with van der Waals surface area (Å²) in [5.74, 6) is -0.117. The van der Waals surface area contributed by atoms with E-state index in [-0.39, 0.29) is 5.91 Å². The van der Waals surface area contributed by atoms with Crippen molar-refractivity contribution in [1.29, 1.82) is 0 Å². The number of rotatable bonds is 4. The first kappa shape index (κ1) is 14.5. The highest BCUT2D eigenvalue weighted by molar-refractivity contribution is 6.31. The fourth-order valence-electron chi connectivity index (χ4n) is 2.19. The number of benzene rings is 1. The van der Waals surface area contributed by atoms with Gasteiger partial charge in [0.25, 0.3) is 5.91 Å². The summed E-state index contributed by atoms with van der Waals surface area (Å²) in [4.78, 5) is 18.5. The number of hydrogen-bond acceptors (Lipinski definition) is 3. The average Bonchev–Trinajstić information content (AvgIpc) is 3.04. The van der Waals surface area contributed by atoms with Crippen molar-refractivity contribution in [3.63, 3.8) is 0 Å². The largest absolute Gasteiger partial charge is 0.339 e. The number of amides is 1. The monoisotopic (exact) mass is 314 g/mol. The maximum atomic E-state index is 12.4. The van der Waals surface area contributed by atoms with Crippen LogP contribution in [0.25, 0.3) is 10.9 Å². The number of aromatic nitrogens is 3. The molecule has 0 aliphatic carbocycles. The molecule has 1 aromatic carbocycles. The molecule has 0 spiro atoms. The molecule has 0 N–H and O–H groups in total. The van der Waals surface area contributed by atoms with Gasteiger partial charge in [-0.15, -0.1) is 0 Å². The maximum absolute atomic E-state index is 12.4. The van der Waals surface area contributed by atoms with Crippen LogP contribution >= 0.6 is 11.6 Å². The van der Waals surface area contributed by atoms with Gasteiger partial charge >= 0.3 is 0 Å². The third-order valence-electron chi connectivity index (χ3n) is 3.44. The van der Waals surface area contributed by atoms with Crippen molar-refractivity contribution in [2.45, 2.75) is 6.54 Å². The zero-order valence-corrected chi connectivity index (χ0v) is 12.9. The van der Waals surface area contributed by atoms with Gasteiger partial charge in [0.15, 0.2) is 0 Å². The molecule has 0 saturated carbocycles. The van der Waals surface area contributed by atoms with E-state index >= 15 is 0 Å². The molecule has 6 heteroatoms. The summed E-state index contributed by atoms with van der Waals surface area (Å²) in [5.41, 5.74) is 1.14. The van der Waals surface area contributed by atoms with Gasteiger partial charge in [0.05, 0.1) is 12.1 Å². The highest BCUT2D eigenvalue weighted by Crippen LogP contribution is 2.18. The molecule has 0 unspecified atom stereocenters. The Bertz CT molecular complexity index is 801. The van der Waals surface area contributed by atoms with Gasteiger partial charge in [-0.3, -0.25) is 9.48 Å². The molecule has 1 amide bonds. The quantitative estimate of drug-likeness (QED) is 0.744. The van der Waals surface area contributed by atoms with Crippen molar-refractivity contribution in [2.24, 2.45) is 0 Å². The molecule has 0 aliphatic rings. The summed E-state index contributed by atoms with van der Waals surface area (Å²) >= 11 is 5.97. The minimum Gasteiger partial charge on any atom is -0.339 e. The van der Waals surface area contributed by atoms with Crippen LogP contribution in [-0.4, -0.2) is 39.2 Å². The maximum Gasteiger partial charge on any atom is 0.272 e. The number of fused-ring (bicyclic) bond motifs is 1. The van der Waals surface area contributed by atoms with Crippen LogP contribution in [0.2, 0.25) is 5.02 Å². The molecule has 5 nitrogen and oxygen atoms in total. The first-order valence-corrected chi connectivity index (χ1v) is 7.30. The van der Waals surface area contributed by atoms with Crippen LogP contribution in [0.15, 0.2) is 48.8 Å². The van der Waals surface area contributed by atoms with Gasteiger partial charge in [-0.05, 0) is 24.3 Å². The SMILES string of the molecule is CN(CCn1cccn1)C(=O)c1ccc2ccc(Cl)cc2n1. The minimum atomic E-state index is -0.117. The summed E-state index contributed by atoms with van der Waals surface area (Å²) in [6, 6.07) is 10.9. The Morgan fingerprint density at radius 3 is 2.91 bits per heavy atom. The summed E-state index contributed by atoms with van der Waals surface area (Å²) in [7, 11) is 1.76.